The monoisotopic (exact) mass is 880 g/mol. The lowest BCUT2D eigenvalue weighted by atomic mass is 10.0. The van der Waals surface area contributed by atoms with Crippen molar-refractivity contribution in [3.8, 4) is 5.75 Å². The van der Waals surface area contributed by atoms with Gasteiger partial charge in [0, 0.05) is 24.9 Å². The summed E-state index contributed by atoms with van der Waals surface area (Å²) >= 11 is 0. The Kier molecular flexibility index (Phi) is 16.9. The molecule has 0 saturated carbocycles. The number of carbonyl (C=O) groups is 7. The highest BCUT2D eigenvalue weighted by molar-refractivity contribution is 7.85. The van der Waals surface area contributed by atoms with Crippen molar-refractivity contribution in [3.63, 3.8) is 0 Å². The molecule has 4 atom stereocenters. The van der Waals surface area contributed by atoms with Gasteiger partial charge in [-0.1, -0.05) is 61.5 Å². The number of carboxylic acids is 1. The molecule has 0 radical (unpaired) electrons. The minimum atomic E-state index is -4.30. The zero-order valence-corrected chi connectivity index (χ0v) is 36.3. The highest BCUT2D eigenvalue weighted by Crippen LogP contribution is 2.29. The number of amides is 6. The standard InChI is InChI=1S/C43H56N6O12S/c1-6-61-33-19-18-29-10-7-8-11-30(29)37(33)41(56)47-32(22-27-14-16-28(17-15-27)25-62(58,59)60)39(54)45-24-35(51)49-21-20-26(2)38(49)42(57)44-23-34(50)46-31(12-9-13-36(52)53)40(55)48-43(3,4)5/h7-8,10-11,14-19,26,31-32,38H,6,9,12-13,20-25H2,1-5H3,(H,44,57)(H,45,54)(H,46,50)(H,47,56)(H,48,55)(H,52,53)(H,58,59,60). The van der Waals surface area contributed by atoms with Crippen molar-refractivity contribution in [1.29, 1.82) is 0 Å². The fraction of sp³-hybridized carbons (Fsp3) is 0.465. The lowest BCUT2D eigenvalue weighted by Gasteiger charge is -2.27. The normalized spacial score (nSPS) is 16.1. The van der Waals surface area contributed by atoms with Gasteiger partial charge >= 0.3 is 5.97 Å². The van der Waals surface area contributed by atoms with E-state index >= 15 is 0 Å². The smallest absolute Gasteiger partial charge is 0.303 e. The third-order valence-electron chi connectivity index (χ3n) is 10.0. The maximum Gasteiger partial charge on any atom is 0.303 e. The average molecular weight is 881 g/mol. The van der Waals surface area contributed by atoms with E-state index in [4.69, 9.17) is 9.84 Å². The van der Waals surface area contributed by atoms with E-state index in [-0.39, 0.29) is 50.3 Å². The summed E-state index contributed by atoms with van der Waals surface area (Å²) in [6, 6.07) is 13.3. The molecule has 18 nitrogen and oxygen atoms in total. The van der Waals surface area contributed by atoms with Gasteiger partial charge in [-0.05, 0) is 80.8 Å². The molecule has 7 N–H and O–H groups in total. The van der Waals surface area contributed by atoms with E-state index in [0.717, 1.165) is 5.39 Å². The summed E-state index contributed by atoms with van der Waals surface area (Å²) in [6.07, 6.45) is 0.325. The van der Waals surface area contributed by atoms with Crippen molar-refractivity contribution in [1.82, 2.24) is 31.5 Å². The minimum Gasteiger partial charge on any atom is -0.493 e. The fourth-order valence-electron chi connectivity index (χ4n) is 7.13. The number of hydrogen-bond donors (Lipinski definition) is 7. The second-order valence-corrected chi connectivity index (χ2v) is 17.7. The molecular weight excluding hydrogens is 825 g/mol. The lowest BCUT2D eigenvalue weighted by molar-refractivity contribution is -0.140. The van der Waals surface area contributed by atoms with Gasteiger partial charge in [0.15, 0.2) is 0 Å². The van der Waals surface area contributed by atoms with Gasteiger partial charge in [-0.25, -0.2) is 0 Å². The summed E-state index contributed by atoms with van der Waals surface area (Å²) in [6.45, 7) is 8.16. The third-order valence-corrected chi connectivity index (χ3v) is 10.7. The molecule has 0 aliphatic carbocycles. The number of fused-ring (bicyclic) bond motifs is 1. The van der Waals surface area contributed by atoms with Gasteiger partial charge in [0.05, 0.1) is 25.3 Å². The van der Waals surface area contributed by atoms with Crippen LogP contribution in [0.2, 0.25) is 0 Å². The summed E-state index contributed by atoms with van der Waals surface area (Å²) in [5.74, 6) is -5.50. The Morgan fingerprint density at radius 2 is 1.55 bits per heavy atom. The van der Waals surface area contributed by atoms with Crippen LogP contribution in [0.1, 0.15) is 81.8 Å². The highest BCUT2D eigenvalue weighted by Gasteiger charge is 2.40. The topological polar surface area (TPSA) is 267 Å². The SMILES string of the molecule is CCOc1ccc2ccccc2c1C(=O)NC(Cc1ccc(CS(=O)(=O)O)cc1)C(=O)NCC(=O)N1CCC(C)C1C(=O)NCC(=O)NC(CCCC(=O)O)C(=O)NC(C)(C)C. The summed E-state index contributed by atoms with van der Waals surface area (Å²) in [5.41, 5.74) is 0.383. The molecule has 0 aromatic heterocycles. The first-order valence-corrected chi connectivity index (χ1v) is 21.9. The number of rotatable bonds is 20. The van der Waals surface area contributed by atoms with E-state index in [1.165, 1.54) is 17.0 Å². The van der Waals surface area contributed by atoms with Gasteiger partial charge in [0.2, 0.25) is 29.5 Å². The van der Waals surface area contributed by atoms with E-state index < -0.39 is 94.0 Å². The predicted molar refractivity (Wildman–Crippen MR) is 228 cm³/mol. The predicted octanol–water partition coefficient (Wildman–Crippen LogP) is 2.09. The molecule has 6 amide bonds. The molecule has 1 heterocycles. The average Bonchev–Trinajstić information content (AvgIpc) is 3.58. The Morgan fingerprint density at radius 3 is 2.19 bits per heavy atom. The molecule has 62 heavy (non-hydrogen) atoms. The zero-order valence-electron chi connectivity index (χ0n) is 35.5. The lowest BCUT2D eigenvalue weighted by Crippen LogP contribution is -2.55. The number of nitrogens with zero attached hydrogens (tertiary/aromatic N) is 1. The van der Waals surface area contributed by atoms with Gasteiger partial charge < -0.3 is 41.3 Å². The van der Waals surface area contributed by atoms with Crippen LogP contribution in [0.25, 0.3) is 10.8 Å². The molecule has 1 fully saturated rings. The summed E-state index contributed by atoms with van der Waals surface area (Å²) < 4.78 is 37.9. The van der Waals surface area contributed by atoms with E-state index in [1.54, 1.807) is 71.0 Å². The van der Waals surface area contributed by atoms with Crippen LogP contribution in [0.5, 0.6) is 5.75 Å². The maximum absolute atomic E-state index is 14.0. The van der Waals surface area contributed by atoms with E-state index in [0.29, 0.717) is 28.7 Å². The largest absolute Gasteiger partial charge is 0.493 e. The second-order valence-electron chi connectivity index (χ2n) is 16.2. The van der Waals surface area contributed by atoms with Crippen LogP contribution in [0.4, 0.5) is 0 Å². The number of carboxylic acid groups (broad SMARTS) is 1. The zero-order chi connectivity index (χ0) is 45.8. The maximum atomic E-state index is 14.0. The number of nitrogens with one attached hydrogen (secondary N) is 5. The Balaban J connectivity index is 1.46. The number of likely N-dealkylation sites (tertiary alicyclic amines) is 1. The van der Waals surface area contributed by atoms with Crippen LogP contribution < -0.4 is 31.3 Å². The Hall–Kier alpha value is -6.08. The van der Waals surface area contributed by atoms with Crippen LogP contribution in [0.3, 0.4) is 0 Å². The van der Waals surface area contributed by atoms with Crippen LogP contribution in [-0.4, -0.2) is 114 Å². The molecule has 1 aliphatic heterocycles. The van der Waals surface area contributed by atoms with Gasteiger partial charge in [0.1, 0.15) is 29.6 Å². The molecule has 3 aromatic rings. The van der Waals surface area contributed by atoms with Crippen molar-refractivity contribution >= 4 is 62.3 Å². The van der Waals surface area contributed by atoms with Crippen LogP contribution in [0.15, 0.2) is 60.7 Å². The first-order valence-electron chi connectivity index (χ1n) is 20.3. The quantitative estimate of drug-likeness (QED) is 0.0805. The molecule has 0 spiro atoms. The molecule has 3 aromatic carbocycles. The van der Waals surface area contributed by atoms with Crippen LogP contribution in [0, 0.1) is 5.92 Å². The van der Waals surface area contributed by atoms with Gasteiger partial charge in [-0.15, -0.1) is 0 Å². The van der Waals surface area contributed by atoms with Crippen molar-refractivity contribution in [2.24, 2.45) is 5.92 Å². The Labute approximate surface area is 360 Å². The first-order chi connectivity index (χ1) is 29.1. The molecule has 0 bridgehead atoms. The number of carbonyl (C=O) groups excluding carboxylic acids is 6. The molecule has 336 valence electrons. The van der Waals surface area contributed by atoms with E-state index in [9.17, 15) is 46.5 Å². The number of benzene rings is 3. The molecule has 1 aliphatic rings. The summed E-state index contributed by atoms with van der Waals surface area (Å²) in [4.78, 5) is 93.3. The molecule has 19 heteroatoms. The van der Waals surface area contributed by atoms with Crippen molar-refractivity contribution in [2.75, 3.05) is 26.2 Å². The van der Waals surface area contributed by atoms with Gasteiger partial charge in [-0.2, -0.15) is 8.42 Å². The number of aliphatic carboxylic acids is 1. The number of ether oxygens (including phenoxy) is 1. The van der Waals surface area contributed by atoms with Crippen molar-refractivity contribution in [3.05, 3.63) is 77.4 Å². The summed E-state index contributed by atoms with van der Waals surface area (Å²) in [5, 5.41) is 23.6. The van der Waals surface area contributed by atoms with Crippen LogP contribution in [-0.2, 0) is 51.1 Å². The van der Waals surface area contributed by atoms with Crippen molar-refractivity contribution < 1.29 is 56.4 Å². The molecule has 4 rings (SSSR count). The molecule has 4 unspecified atom stereocenters. The van der Waals surface area contributed by atoms with Crippen molar-refractivity contribution in [2.45, 2.75) is 96.1 Å². The van der Waals surface area contributed by atoms with Crippen LogP contribution >= 0.6 is 0 Å². The first kappa shape index (κ1) is 48.6. The molecular formula is C43H56N6O12S. The number of hydrogen-bond acceptors (Lipinski definition) is 10. The Bertz CT molecular complexity index is 2240. The minimum absolute atomic E-state index is 0.0485. The summed E-state index contributed by atoms with van der Waals surface area (Å²) in [7, 11) is -4.30. The second kappa shape index (κ2) is 21.6. The Morgan fingerprint density at radius 1 is 0.871 bits per heavy atom. The molecule has 1 saturated heterocycles. The van der Waals surface area contributed by atoms with E-state index in [2.05, 4.69) is 26.6 Å². The highest BCUT2D eigenvalue weighted by atomic mass is 32.2. The fourth-order valence-corrected chi connectivity index (χ4v) is 7.75. The van der Waals surface area contributed by atoms with E-state index in [1.807, 2.05) is 12.1 Å². The van der Waals surface area contributed by atoms with Gasteiger partial charge in [0.25, 0.3) is 16.0 Å². The van der Waals surface area contributed by atoms with Gasteiger partial charge in [-0.3, -0.25) is 38.1 Å². The third kappa shape index (κ3) is 14.5.